The van der Waals surface area contributed by atoms with E-state index in [1.807, 2.05) is 4.90 Å². The molecular weight excluding hydrogens is 274 g/mol. The summed E-state index contributed by atoms with van der Waals surface area (Å²) in [6, 6.07) is 5.05. The molecule has 1 aromatic carbocycles. The van der Waals surface area contributed by atoms with Gasteiger partial charge in [0.05, 0.1) is 10.6 Å². The number of hydrogen-bond acceptors (Lipinski definition) is 3. The Bertz CT molecular complexity index is 482. The summed E-state index contributed by atoms with van der Waals surface area (Å²) in [7, 11) is 0. The number of hydrogen-bond donors (Lipinski definition) is 1. The normalized spacial score (nSPS) is 16.7. The lowest BCUT2D eigenvalue weighted by Crippen LogP contribution is -2.49. The highest BCUT2D eigenvalue weighted by atomic mass is 35.5. The van der Waals surface area contributed by atoms with Crippen molar-refractivity contribution in [1.82, 2.24) is 9.80 Å². The van der Waals surface area contributed by atoms with Crippen LogP contribution in [0.1, 0.15) is 24.2 Å². The zero-order chi connectivity index (χ0) is 14.7. The van der Waals surface area contributed by atoms with Gasteiger partial charge in [-0.05, 0) is 24.1 Å². The smallest absolute Gasteiger partial charge is 0.255 e. The fourth-order valence-corrected chi connectivity index (χ4v) is 2.73. The van der Waals surface area contributed by atoms with Crippen molar-refractivity contribution in [3.63, 3.8) is 0 Å². The molecule has 4 nitrogen and oxygen atoms in total. The van der Waals surface area contributed by atoms with Crippen LogP contribution < -0.4 is 5.73 Å². The maximum Gasteiger partial charge on any atom is 0.255 e. The largest absolute Gasteiger partial charge is 0.399 e. The number of carbonyl (C=O) groups excluding carboxylic acids is 1. The summed E-state index contributed by atoms with van der Waals surface area (Å²) in [5.41, 5.74) is 6.80. The molecule has 0 spiro atoms. The molecule has 0 atom stereocenters. The third kappa shape index (κ3) is 3.64. The van der Waals surface area contributed by atoms with Crippen molar-refractivity contribution in [2.24, 2.45) is 5.92 Å². The standard InChI is InChI=1S/C15H22ClN3O/c1-11(2)10-18-5-7-19(8-6-18)15(20)13-9-12(17)3-4-14(13)16/h3-4,9,11H,5-8,10,17H2,1-2H3. The van der Waals surface area contributed by atoms with Crippen LogP contribution in [0, 0.1) is 5.92 Å². The molecule has 1 aliphatic rings. The summed E-state index contributed by atoms with van der Waals surface area (Å²) in [4.78, 5) is 16.7. The van der Waals surface area contributed by atoms with Crippen molar-refractivity contribution in [2.45, 2.75) is 13.8 Å². The second kappa shape index (κ2) is 6.46. The molecule has 0 radical (unpaired) electrons. The maximum atomic E-state index is 12.5. The first kappa shape index (κ1) is 15.1. The summed E-state index contributed by atoms with van der Waals surface area (Å²) < 4.78 is 0. The van der Waals surface area contributed by atoms with Gasteiger partial charge in [-0.1, -0.05) is 25.4 Å². The van der Waals surface area contributed by atoms with E-state index in [0.717, 1.165) is 32.7 Å². The predicted molar refractivity (Wildman–Crippen MR) is 83.0 cm³/mol. The molecule has 0 bridgehead atoms. The number of amides is 1. The first-order valence-corrected chi connectivity index (χ1v) is 7.42. The number of nitrogen functional groups attached to an aromatic ring is 1. The molecule has 1 aliphatic heterocycles. The highest BCUT2D eigenvalue weighted by Crippen LogP contribution is 2.21. The topological polar surface area (TPSA) is 49.6 Å². The van der Waals surface area contributed by atoms with Crippen LogP contribution in [0.3, 0.4) is 0 Å². The van der Waals surface area contributed by atoms with Crippen LogP contribution in [-0.2, 0) is 0 Å². The number of carbonyl (C=O) groups is 1. The van der Waals surface area contributed by atoms with Crippen LogP contribution in [0.5, 0.6) is 0 Å². The summed E-state index contributed by atoms with van der Waals surface area (Å²) >= 11 is 6.09. The van der Waals surface area contributed by atoms with Gasteiger partial charge in [-0.3, -0.25) is 9.69 Å². The Labute approximate surface area is 125 Å². The second-order valence-electron chi connectivity index (χ2n) is 5.73. The quantitative estimate of drug-likeness (QED) is 0.871. The van der Waals surface area contributed by atoms with E-state index in [1.54, 1.807) is 18.2 Å². The molecule has 0 saturated carbocycles. The molecule has 1 aromatic rings. The summed E-state index contributed by atoms with van der Waals surface area (Å²) in [6.45, 7) is 8.84. The van der Waals surface area contributed by atoms with Gasteiger partial charge in [0, 0.05) is 38.4 Å². The molecule has 2 N–H and O–H groups in total. The number of anilines is 1. The van der Waals surface area contributed by atoms with E-state index in [-0.39, 0.29) is 5.91 Å². The van der Waals surface area contributed by atoms with Crippen LogP contribution in [0.25, 0.3) is 0 Å². The number of halogens is 1. The van der Waals surface area contributed by atoms with Gasteiger partial charge < -0.3 is 10.6 Å². The highest BCUT2D eigenvalue weighted by molar-refractivity contribution is 6.34. The molecule has 0 aliphatic carbocycles. The van der Waals surface area contributed by atoms with Crippen LogP contribution >= 0.6 is 11.6 Å². The van der Waals surface area contributed by atoms with Gasteiger partial charge in [-0.25, -0.2) is 0 Å². The van der Waals surface area contributed by atoms with Crippen LogP contribution in [0.15, 0.2) is 18.2 Å². The van der Waals surface area contributed by atoms with Crippen molar-refractivity contribution in [3.8, 4) is 0 Å². The van der Waals surface area contributed by atoms with E-state index in [1.165, 1.54) is 0 Å². The molecule has 20 heavy (non-hydrogen) atoms. The van der Waals surface area contributed by atoms with Crippen molar-refractivity contribution in [2.75, 3.05) is 38.5 Å². The number of rotatable bonds is 3. The number of nitrogens with two attached hydrogens (primary N) is 1. The lowest BCUT2D eigenvalue weighted by Gasteiger charge is -2.35. The zero-order valence-electron chi connectivity index (χ0n) is 12.1. The second-order valence-corrected chi connectivity index (χ2v) is 6.13. The van der Waals surface area contributed by atoms with Gasteiger partial charge in [0.2, 0.25) is 0 Å². The Balaban J connectivity index is 2.00. The van der Waals surface area contributed by atoms with E-state index in [0.29, 0.717) is 22.2 Å². The number of nitrogens with zero attached hydrogens (tertiary/aromatic N) is 2. The minimum Gasteiger partial charge on any atom is -0.399 e. The van der Waals surface area contributed by atoms with Crippen molar-refractivity contribution in [3.05, 3.63) is 28.8 Å². The van der Waals surface area contributed by atoms with Crippen molar-refractivity contribution < 1.29 is 4.79 Å². The molecule has 1 saturated heterocycles. The van der Waals surface area contributed by atoms with E-state index in [4.69, 9.17) is 17.3 Å². The van der Waals surface area contributed by atoms with E-state index >= 15 is 0 Å². The Morgan fingerprint density at radius 1 is 1.30 bits per heavy atom. The first-order valence-electron chi connectivity index (χ1n) is 7.04. The van der Waals surface area contributed by atoms with Crippen molar-refractivity contribution >= 4 is 23.2 Å². The van der Waals surface area contributed by atoms with Gasteiger partial charge in [0.1, 0.15) is 0 Å². The highest BCUT2D eigenvalue weighted by Gasteiger charge is 2.23. The van der Waals surface area contributed by atoms with Gasteiger partial charge >= 0.3 is 0 Å². The third-order valence-electron chi connectivity index (χ3n) is 3.50. The molecule has 0 unspecified atom stereocenters. The molecule has 1 amide bonds. The van der Waals surface area contributed by atoms with E-state index in [2.05, 4.69) is 18.7 Å². The van der Waals surface area contributed by atoms with Gasteiger partial charge in [-0.2, -0.15) is 0 Å². The monoisotopic (exact) mass is 295 g/mol. The Morgan fingerprint density at radius 3 is 2.55 bits per heavy atom. The first-order chi connectivity index (χ1) is 9.47. The van der Waals surface area contributed by atoms with E-state index < -0.39 is 0 Å². The third-order valence-corrected chi connectivity index (χ3v) is 3.83. The Morgan fingerprint density at radius 2 is 1.95 bits per heavy atom. The van der Waals surface area contributed by atoms with Crippen molar-refractivity contribution in [1.29, 1.82) is 0 Å². The number of benzene rings is 1. The zero-order valence-corrected chi connectivity index (χ0v) is 12.9. The summed E-state index contributed by atoms with van der Waals surface area (Å²) in [5.74, 6) is 0.632. The molecule has 1 heterocycles. The van der Waals surface area contributed by atoms with Crippen LogP contribution in [0.4, 0.5) is 5.69 Å². The molecule has 0 aromatic heterocycles. The SMILES string of the molecule is CC(C)CN1CCN(C(=O)c2cc(N)ccc2Cl)CC1. The fourth-order valence-electron chi connectivity index (χ4n) is 2.53. The Hall–Kier alpha value is -1.26. The van der Waals surface area contributed by atoms with Gasteiger partial charge in [-0.15, -0.1) is 0 Å². The minimum absolute atomic E-state index is 0.0218. The predicted octanol–water partition coefficient (Wildman–Crippen LogP) is 2.34. The fraction of sp³-hybridized carbons (Fsp3) is 0.533. The van der Waals surface area contributed by atoms with E-state index in [9.17, 15) is 4.79 Å². The average Bonchev–Trinajstić information content (AvgIpc) is 2.41. The lowest BCUT2D eigenvalue weighted by molar-refractivity contribution is 0.0624. The Kier molecular flexibility index (Phi) is 4.89. The molecule has 5 heteroatoms. The number of piperazine rings is 1. The molecular formula is C15H22ClN3O. The molecule has 110 valence electrons. The molecule has 1 fully saturated rings. The summed E-state index contributed by atoms with van der Waals surface area (Å²) in [6.07, 6.45) is 0. The lowest BCUT2D eigenvalue weighted by atomic mass is 10.1. The maximum absolute atomic E-state index is 12.5. The van der Waals surface area contributed by atoms with Gasteiger partial charge in [0.25, 0.3) is 5.91 Å². The average molecular weight is 296 g/mol. The molecule has 2 rings (SSSR count). The van der Waals surface area contributed by atoms with Gasteiger partial charge in [0.15, 0.2) is 0 Å². The van der Waals surface area contributed by atoms with Crippen LogP contribution in [0.2, 0.25) is 5.02 Å². The summed E-state index contributed by atoms with van der Waals surface area (Å²) in [5, 5.41) is 0.466. The van der Waals surface area contributed by atoms with Crippen LogP contribution in [-0.4, -0.2) is 48.4 Å². The minimum atomic E-state index is -0.0218.